The van der Waals surface area contributed by atoms with Gasteiger partial charge in [-0.1, -0.05) is 360 Å². The van der Waals surface area contributed by atoms with Gasteiger partial charge in [0.25, 0.3) is 0 Å². The molecule has 0 fully saturated rings. The number of para-hydroxylation sites is 5. The van der Waals surface area contributed by atoms with Crippen molar-refractivity contribution in [2.75, 3.05) is 0 Å². The van der Waals surface area contributed by atoms with E-state index >= 15 is 0 Å². The van der Waals surface area contributed by atoms with E-state index in [1.54, 1.807) is 0 Å². The van der Waals surface area contributed by atoms with E-state index < -0.39 is 0 Å². The van der Waals surface area contributed by atoms with Crippen LogP contribution in [0.25, 0.3) is 255 Å². The van der Waals surface area contributed by atoms with E-state index in [0.717, 1.165) is 127 Å². The maximum absolute atomic E-state index is 6.51. The Bertz CT molecular complexity index is 9280. The lowest BCUT2D eigenvalue weighted by Gasteiger charge is -2.21. The van der Waals surface area contributed by atoms with Gasteiger partial charge in [-0.15, -0.1) is 11.3 Å². The standard InChI is InChI=1S/C48H33N5.C39H24N4O.C39H24N4S/c1-48(2)39-24-14-12-22-33(39)37-28-38-36-27-26-35-34-23-13-15-25-41(34)52(32-20-10-5-11-21-32)43(35)44(36)53(42(38)29-40(37)48)47-50-45(30-16-6-3-7-17-30)49-46(51-47)31-18-8-4-9-19-31;2*1-3-11-25(12-4-1)37-40-38(26-13-5-2-6-14-26)42-39(41-37)27-19-21-28(22-20-27)43-33-17-9-7-15-29(33)31-23-24-32-30-16-8-10-18-34(30)44-36(32)35(31)43/h3-29H,1-2H3;2*1-24H. The Kier molecular flexibility index (Phi) is 19.4. The van der Waals surface area contributed by atoms with Gasteiger partial charge in [0.15, 0.2) is 52.2 Å². The van der Waals surface area contributed by atoms with Crippen molar-refractivity contribution in [3.63, 3.8) is 0 Å². The molecule has 0 N–H and O–H groups in total. The molecule has 0 unspecified atom stereocenters. The Hall–Kier alpha value is -18.6. The van der Waals surface area contributed by atoms with Gasteiger partial charge >= 0.3 is 0 Å². The number of hydrogen-bond donors (Lipinski definition) is 0. The summed E-state index contributed by atoms with van der Waals surface area (Å²) in [6, 6.07) is 159. The van der Waals surface area contributed by atoms with E-state index in [1.165, 1.54) is 85.8 Å². The van der Waals surface area contributed by atoms with E-state index in [0.29, 0.717) is 52.5 Å². The molecule has 9 heterocycles. The number of furan rings is 1. The minimum Gasteiger partial charge on any atom is -0.454 e. The molecular formula is C126H81N13OS. The third-order valence-electron chi connectivity index (χ3n) is 27.7. The molecule has 0 aliphatic heterocycles. The molecule has 19 aromatic carbocycles. The first kappa shape index (κ1) is 81.9. The molecule has 141 heavy (non-hydrogen) atoms. The molecule has 9 aromatic heterocycles. The van der Waals surface area contributed by atoms with Crippen LogP contribution in [0.5, 0.6) is 0 Å². The van der Waals surface area contributed by atoms with E-state index in [1.807, 2.05) is 181 Å². The largest absolute Gasteiger partial charge is 0.454 e. The maximum Gasteiger partial charge on any atom is 0.238 e. The molecule has 1 aliphatic rings. The predicted molar refractivity (Wildman–Crippen MR) is 578 cm³/mol. The fourth-order valence-electron chi connectivity index (χ4n) is 21.1. The zero-order valence-corrected chi connectivity index (χ0v) is 77.2. The molecule has 1 aliphatic carbocycles. The van der Waals surface area contributed by atoms with Gasteiger partial charge in [-0.3, -0.25) is 4.57 Å². The second kappa shape index (κ2) is 33.5. The third kappa shape index (κ3) is 13.8. The predicted octanol–water partition coefficient (Wildman–Crippen LogP) is 31.9. The monoisotopic (exact) mass is 1820 g/mol. The summed E-state index contributed by atoms with van der Waals surface area (Å²) in [5.41, 5.74) is 26.7. The minimum absolute atomic E-state index is 0.181. The topological polar surface area (TPSA) is 149 Å². The number of hydrogen-bond acceptors (Lipinski definition) is 11. The summed E-state index contributed by atoms with van der Waals surface area (Å²) in [7, 11) is 0. The smallest absolute Gasteiger partial charge is 0.238 e. The molecule has 0 bridgehead atoms. The van der Waals surface area contributed by atoms with Gasteiger partial charge in [0.2, 0.25) is 5.95 Å². The SMILES string of the molecule is CC1(C)c2ccccc2-c2cc3c4ccc5c6ccccc6n(-c6ccccc6)c5c4n(-c4nc(-c5ccccc5)nc(-c5ccccc5)n4)c3cc21.c1ccc(-c2nc(-c3ccccc3)nc(-c3ccc(-n4c5ccccc5c5ccc6c7ccccc7oc6c54)cc3)n2)cc1.c1ccc(-c2nc(-c3ccccc3)nc(-c3ccc(-n4c5ccccc5c5ccc6c7ccccc7sc6c54)cc3)n2)cc1. The Morgan fingerprint density at radius 1 is 0.213 bits per heavy atom. The first-order valence-corrected chi connectivity index (χ1v) is 48.2. The fourth-order valence-corrected chi connectivity index (χ4v) is 22.3. The summed E-state index contributed by atoms with van der Waals surface area (Å²) in [5, 5.41) is 14.4. The van der Waals surface area contributed by atoms with Crippen LogP contribution in [-0.2, 0) is 5.41 Å². The summed E-state index contributed by atoms with van der Waals surface area (Å²) >= 11 is 1.87. The van der Waals surface area contributed by atoms with Gasteiger partial charge in [-0.25, -0.2) is 34.9 Å². The van der Waals surface area contributed by atoms with E-state index in [-0.39, 0.29) is 5.41 Å². The van der Waals surface area contributed by atoms with Crippen LogP contribution in [0.15, 0.2) is 459 Å². The Balaban J connectivity index is 0.000000107. The summed E-state index contributed by atoms with van der Waals surface area (Å²) in [5.74, 6) is 5.75. The molecule has 0 saturated heterocycles. The van der Waals surface area contributed by atoms with Crippen molar-refractivity contribution >= 4 is 141 Å². The Morgan fingerprint density at radius 3 is 1.01 bits per heavy atom. The molecule has 0 saturated carbocycles. The third-order valence-corrected chi connectivity index (χ3v) is 28.9. The summed E-state index contributed by atoms with van der Waals surface area (Å²) in [6.45, 7) is 4.68. The van der Waals surface area contributed by atoms with Crippen molar-refractivity contribution in [1.29, 1.82) is 0 Å². The van der Waals surface area contributed by atoms with Crippen molar-refractivity contribution < 1.29 is 4.42 Å². The van der Waals surface area contributed by atoms with E-state index in [2.05, 4.69) is 317 Å². The molecule has 29 rings (SSSR count). The molecule has 662 valence electrons. The Morgan fingerprint density at radius 2 is 0.539 bits per heavy atom. The van der Waals surface area contributed by atoms with Gasteiger partial charge < -0.3 is 18.1 Å². The number of fused-ring (bicyclic) bond motifs is 24. The number of benzene rings is 19. The molecule has 14 nitrogen and oxygen atoms in total. The van der Waals surface area contributed by atoms with Crippen molar-refractivity contribution in [1.82, 2.24) is 63.1 Å². The van der Waals surface area contributed by atoms with Crippen LogP contribution in [0, 0.1) is 0 Å². The zero-order chi connectivity index (χ0) is 93.3. The van der Waals surface area contributed by atoms with E-state index in [9.17, 15) is 0 Å². The number of rotatable bonds is 12. The normalized spacial score (nSPS) is 12.2. The number of thiophene rings is 1. The highest BCUT2D eigenvalue weighted by Gasteiger charge is 2.37. The molecule has 0 atom stereocenters. The molecule has 0 amide bonds. The number of aromatic nitrogens is 13. The molecule has 0 spiro atoms. The Labute approximate surface area is 813 Å². The van der Waals surface area contributed by atoms with Crippen molar-refractivity contribution in [3.05, 3.63) is 466 Å². The van der Waals surface area contributed by atoms with Crippen molar-refractivity contribution in [2.45, 2.75) is 19.3 Å². The van der Waals surface area contributed by atoms with Gasteiger partial charge in [0.1, 0.15) is 5.58 Å². The van der Waals surface area contributed by atoms with Crippen molar-refractivity contribution in [3.8, 4) is 125 Å². The first-order chi connectivity index (χ1) is 69.7. The average Bonchev–Trinajstić information content (AvgIpc) is 1.53. The van der Waals surface area contributed by atoms with Crippen LogP contribution in [-0.4, -0.2) is 63.1 Å². The number of nitrogens with zero attached hydrogens (tertiary/aromatic N) is 13. The molecule has 15 heteroatoms. The van der Waals surface area contributed by atoms with Crippen LogP contribution in [0.1, 0.15) is 25.0 Å². The van der Waals surface area contributed by atoms with Gasteiger partial charge in [0, 0.05) is 136 Å². The lowest BCUT2D eigenvalue weighted by molar-refractivity contribution is 0.661. The lowest BCUT2D eigenvalue weighted by Crippen LogP contribution is -2.15. The van der Waals surface area contributed by atoms with Crippen LogP contribution in [0.4, 0.5) is 0 Å². The maximum atomic E-state index is 6.51. The average molecular weight is 1830 g/mol. The first-order valence-electron chi connectivity index (χ1n) is 47.4. The minimum atomic E-state index is -0.181. The molecular weight excluding hydrogens is 1740 g/mol. The molecule has 0 radical (unpaired) electrons. The summed E-state index contributed by atoms with van der Waals surface area (Å²) in [4.78, 5) is 45.1. The quantitative estimate of drug-likeness (QED) is 0.116. The van der Waals surface area contributed by atoms with E-state index in [4.69, 9.17) is 49.3 Å². The van der Waals surface area contributed by atoms with Gasteiger partial charge in [-0.05, 0) is 131 Å². The van der Waals surface area contributed by atoms with Gasteiger partial charge in [0.05, 0.1) is 48.8 Å². The van der Waals surface area contributed by atoms with Crippen LogP contribution in [0.2, 0.25) is 0 Å². The zero-order valence-electron chi connectivity index (χ0n) is 76.4. The van der Waals surface area contributed by atoms with Crippen LogP contribution < -0.4 is 0 Å². The highest BCUT2D eigenvalue weighted by molar-refractivity contribution is 7.26. The summed E-state index contributed by atoms with van der Waals surface area (Å²) in [6.07, 6.45) is 0. The fraction of sp³-hybridized carbons (Fsp3) is 0.0238. The summed E-state index contributed by atoms with van der Waals surface area (Å²) < 4.78 is 18.6. The van der Waals surface area contributed by atoms with Crippen LogP contribution >= 0.6 is 11.3 Å². The molecule has 28 aromatic rings. The highest BCUT2D eigenvalue weighted by Crippen LogP contribution is 2.53. The lowest BCUT2D eigenvalue weighted by atomic mass is 9.82. The second-order valence-corrected chi connectivity index (χ2v) is 37.3. The highest BCUT2D eigenvalue weighted by atomic mass is 32.1. The second-order valence-electron chi connectivity index (χ2n) is 36.2. The van der Waals surface area contributed by atoms with Crippen LogP contribution in [0.3, 0.4) is 0 Å². The van der Waals surface area contributed by atoms with Gasteiger partial charge in [-0.2, -0.15) is 9.97 Å². The van der Waals surface area contributed by atoms with Crippen molar-refractivity contribution in [2.24, 2.45) is 0 Å².